The molecule has 1 aromatic carbocycles. The molecule has 0 aliphatic rings. The smallest absolute Gasteiger partial charge is 0.136 e. The van der Waals surface area contributed by atoms with E-state index in [4.69, 9.17) is 9.84 Å². The molecule has 2 aromatic rings. The molecule has 0 bridgehead atoms. The maximum Gasteiger partial charge on any atom is 0.136 e. The van der Waals surface area contributed by atoms with Crippen LogP contribution in [0, 0.1) is 6.92 Å². The van der Waals surface area contributed by atoms with Gasteiger partial charge in [0.2, 0.25) is 0 Å². The van der Waals surface area contributed by atoms with Crippen LogP contribution in [0.15, 0.2) is 36.5 Å². The summed E-state index contributed by atoms with van der Waals surface area (Å²) >= 11 is 0. The van der Waals surface area contributed by atoms with Gasteiger partial charge in [0.15, 0.2) is 0 Å². The molecule has 0 fully saturated rings. The van der Waals surface area contributed by atoms with Gasteiger partial charge in [-0.1, -0.05) is 18.2 Å². The summed E-state index contributed by atoms with van der Waals surface area (Å²) in [6, 6.07) is 9.34. The van der Waals surface area contributed by atoms with E-state index < -0.39 is 0 Å². The number of pyridine rings is 1. The highest BCUT2D eigenvalue weighted by atomic mass is 16.5. The highest BCUT2D eigenvalue weighted by Gasteiger charge is 2.08. The van der Waals surface area contributed by atoms with Crippen molar-refractivity contribution in [1.82, 2.24) is 4.98 Å². The molecule has 2 N–H and O–H groups in total. The lowest BCUT2D eigenvalue weighted by Gasteiger charge is -2.13. The Morgan fingerprint density at radius 1 is 1.11 bits per heavy atom. The quantitative estimate of drug-likeness (QED) is 0.864. The number of benzene rings is 1. The minimum Gasteiger partial charge on any atom is -0.457 e. The third kappa shape index (κ3) is 3.30. The fourth-order valence-corrected chi connectivity index (χ4v) is 1.83. The summed E-state index contributed by atoms with van der Waals surface area (Å²) in [4.78, 5) is 4.13. The zero-order valence-electron chi connectivity index (χ0n) is 10.8. The number of rotatable bonds is 5. The summed E-state index contributed by atoms with van der Waals surface area (Å²) in [6.07, 6.45) is 2.15. The average Bonchev–Trinajstić information content (AvgIpc) is 2.42. The average molecular weight is 259 g/mol. The van der Waals surface area contributed by atoms with E-state index in [9.17, 15) is 5.11 Å². The Bertz CT molecular complexity index is 555. The lowest BCUT2D eigenvalue weighted by atomic mass is 10.1. The van der Waals surface area contributed by atoms with Crippen molar-refractivity contribution in [2.24, 2.45) is 0 Å². The summed E-state index contributed by atoms with van der Waals surface area (Å²) in [5, 5.41) is 18.3. The van der Waals surface area contributed by atoms with Gasteiger partial charge in [0.05, 0.1) is 6.61 Å². The molecule has 0 saturated heterocycles. The Hall–Kier alpha value is -1.91. The van der Waals surface area contributed by atoms with Crippen LogP contribution in [0.3, 0.4) is 0 Å². The largest absolute Gasteiger partial charge is 0.457 e. The number of hydrogen-bond acceptors (Lipinski definition) is 4. The van der Waals surface area contributed by atoms with E-state index in [0.717, 1.165) is 11.3 Å². The van der Waals surface area contributed by atoms with Crippen molar-refractivity contribution < 1.29 is 14.9 Å². The molecule has 0 atom stereocenters. The Morgan fingerprint density at radius 3 is 2.63 bits per heavy atom. The van der Waals surface area contributed by atoms with Gasteiger partial charge in [-0.15, -0.1) is 0 Å². The van der Waals surface area contributed by atoms with Crippen molar-refractivity contribution in [3.63, 3.8) is 0 Å². The Balaban J connectivity index is 2.33. The van der Waals surface area contributed by atoms with Crippen LogP contribution in [-0.2, 0) is 13.0 Å². The monoisotopic (exact) mass is 259 g/mol. The predicted molar refractivity (Wildman–Crippen MR) is 72.2 cm³/mol. The van der Waals surface area contributed by atoms with Crippen molar-refractivity contribution in [1.29, 1.82) is 0 Å². The number of aliphatic hydroxyl groups excluding tert-OH is 2. The van der Waals surface area contributed by atoms with Gasteiger partial charge in [-0.2, -0.15) is 0 Å². The first-order chi connectivity index (χ1) is 9.24. The second-order valence-corrected chi connectivity index (χ2v) is 4.27. The van der Waals surface area contributed by atoms with E-state index in [0.29, 0.717) is 23.5 Å². The molecule has 0 aliphatic heterocycles. The van der Waals surface area contributed by atoms with Crippen LogP contribution < -0.4 is 4.74 Å². The van der Waals surface area contributed by atoms with Crippen LogP contribution in [0.25, 0.3) is 0 Å². The van der Waals surface area contributed by atoms with E-state index in [1.807, 2.05) is 31.2 Å². The summed E-state index contributed by atoms with van der Waals surface area (Å²) in [5.41, 5.74) is 2.40. The summed E-state index contributed by atoms with van der Waals surface area (Å²) < 4.78 is 5.85. The minimum atomic E-state index is -0.120. The zero-order chi connectivity index (χ0) is 13.7. The topological polar surface area (TPSA) is 62.6 Å². The van der Waals surface area contributed by atoms with Crippen LogP contribution in [-0.4, -0.2) is 21.8 Å². The molecule has 0 radical (unpaired) electrons. The first-order valence-electron chi connectivity index (χ1n) is 6.17. The summed E-state index contributed by atoms with van der Waals surface area (Å²) in [5.74, 6) is 1.29. The van der Waals surface area contributed by atoms with Gasteiger partial charge in [0.1, 0.15) is 11.5 Å². The third-order valence-electron chi connectivity index (χ3n) is 2.82. The molecule has 0 unspecified atom stereocenters. The van der Waals surface area contributed by atoms with E-state index in [1.165, 1.54) is 0 Å². The van der Waals surface area contributed by atoms with Gasteiger partial charge in [0.25, 0.3) is 0 Å². The number of aliphatic hydroxyl groups is 2. The van der Waals surface area contributed by atoms with Crippen LogP contribution in [0.5, 0.6) is 11.5 Å². The van der Waals surface area contributed by atoms with Crippen molar-refractivity contribution in [2.75, 3.05) is 6.61 Å². The maximum absolute atomic E-state index is 9.30. The van der Waals surface area contributed by atoms with Crippen molar-refractivity contribution in [2.45, 2.75) is 20.0 Å². The van der Waals surface area contributed by atoms with Gasteiger partial charge in [-0.3, -0.25) is 4.98 Å². The molecule has 4 nitrogen and oxygen atoms in total. The van der Waals surface area contributed by atoms with E-state index in [-0.39, 0.29) is 13.2 Å². The molecule has 0 saturated carbocycles. The SMILES string of the molecule is Cc1cc(Oc2ccccc2CCO)c(CO)cn1. The minimum absolute atomic E-state index is 0.0720. The summed E-state index contributed by atoms with van der Waals surface area (Å²) in [6.45, 7) is 1.82. The fraction of sp³-hybridized carbons (Fsp3) is 0.267. The molecular weight excluding hydrogens is 242 g/mol. The number of hydrogen-bond donors (Lipinski definition) is 2. The van der Waals surface area contributed by atoms with Crippen LogP contribution in [0.2, 0.25) is 0 Å². The number of para-hydroxylation sites is 1. The zero-order valence-corrected chi connectivity index (χ0v) is 10.8. The molecule has 19 heavy (non-hydrogen) atoms. The molecule has 4 heteroatoms. The number of aryl methyl sites for hydroxylation is 1. The van der Waals surface area contributed by atoms with Crippen molar-refractivity contribution >= 4 is 0 Å². The van der Waals surface area contributed by atoms with Crippen LogP contribution >= 0.6 is 0 Å². The van der Waals surface area contributed by atoms with Gasteiger partial charge in [-0.25, -0.2) is 0 Å². The van der Waals surface area contributed by atoms with E-state index >= 15 is 0 Å². The number of aromatic nitrogens is 1. The van der Waals surface area contributed by atoms with Gasteiger partial charge in [0, 0.05) is 30.1 Å². The molecule has 0 amide bonds. The number of nitrogens with zero attached hydrogens (tertiary/aromatic N) is 1. The first-order valence-corrected chi connectivity index (χ1v) is 6.17. The Kier molecular flexibility index (Phi) is 4.49. The highest BCUT2D eigenvalue weighted by molar-refractivity contribution is 5.41. The Labute approximate surface area is 112 Å². The molecule has 2 rings (SSSR count). The van der Waals surface area contributed by atoms with E-state index in [1.54, 1.807) is 12.3 Å². The van der Waals surface area contributed by atoms with Gasteiger partial charge in [-0.05, 0) is 25.0 Å². The molecule has 1 aromatic heterocycles. The van der Waals surface area contributed by atoms with Crippen molar-refractivity contribution in [3.05, 3.63) is 53.3 Å². The second-order valence-electron chi connectivity index (χ2n) is 4.27. The van der Waals surface area contributed by atoms with Gasteiger partial charge < -0.3 is 14.9 Å². The second kappa shape index (κ2) is 6.31. The highest BCUT2D eigenvalue weighted by Crippen LogP contribution is 2.28. The standard InChI is InChI=1S/C15H17NO3/c1-11-8-15(13(10-18)9-16-11)19-14-5-3-2-4-12(14)6-7-17/h2-5,8-9,17-18H,6-7,10H2,1H3. The van der Waals surface area contributed by atoms with Crippen LogP contribution in [0.4, 0.5) is 0 Å². The third-order valence-corrected chi connectivity index (χ3v) is 2.82. The molecule has 0 spiro atoms. The Morgan fingerprint density at radius 2 is 1.89 bits per heavy atom. The molecule has 0 aliphatic carbocycles. The molecular formula is C15H17NO3. The van der Waals surface area contributed by atoms with Crippen molar-refractivity contribution in [3.8, 4) is 11.5 Å². The first kappa shape index (κ1) is 13.5. The molecule has 1 heterocycles. The predicted octanol–water partition coefficient (Wildman–Crippen LogP) is 2.21. The molecule has 100 valence electrons. The van der Waals surface area contributed by atoms with Crippen LogP contribution in [0.1, 0.15) is 16.8 Å². The summed E-state index contributed by atoms with van der Waals surface area (Å²) in [7, 11) is 0. The normalized spacial score (nSPS) is 10.5. The number of ether oxygens (including phenoxy) is 1. The fourth-order valence-electron chi connectivity index (χ4n) is 1.83. The maximum atomic E-state index is 9.30. The lowest BCUT2D eigenvalue weighted by molar-refractivity contribution is 0.275. The van der Waals surface area contributed by atoms with E-state index in [2.05, 4.69) is 4.98 Å². The van der Waals surface area contributed by atoms with Gasteiger partial charge >= 0.3 is 0 Å². The lowest BCUT2D eigenvalue weighted by Crippen LogP contribution is -1.98.